The third-order valence-electron chi connectivity index (χ3n) is 4.68. The maximum Gasteiger partial charge on any atom is 0.276 e. The number of ether oxygens (including phenoxy) is 2. The Kier molecular flexibility index (Phi) is 6.09. The second-order valence-electron chi connectivity index (χ2n) is 6.41. The molecule has 7 heteroatoms. The van der Waals surface area contributed by atoms with Gasteiger partial charge < -0.3 is 14.6 Å². The second kappa shape index (κ2) is 8.70. The number of hydrogen-bond acceptors (Lipinski definition) is 5. The highest BCUT2D eigenvalue weighted by Crippen LogP contribution is 2.36. The van der Waals surface area contributed by atoms with Gasteiger partial charge >= 0.3 is 0 Å². The molecule has 0 amide bonds. The van der Waals surface area contributed by atoms with Crippen LogP contribution in [0.3, 0.4) is 0 Å². The standard InChI is InChI=1S/C22H20FNO5/c1-28-21-12-16(19(24(26)27)13-22(21)29-2)11-20(25)15-9-7-14(8-10-15)17-5-3-4-6-18(17)23/h3-10,12-13,20,25H,11H2,1-2H3. The van der Waals surface area contributed by atoms with Gasteiger partial charge in [0.05, 0.1) is 31.3 Å². The van der Waals surface area contributed by atoms with Crippen molar-refractivity contribution in [3.05, 3.63) is 87.7 Å². The van der Waals surface area contributed by atoms with E-state index >= 15 is 0 Å². The summed E-state index contributed by atoms with van der Waals surface area (Å²) in [6.45, 7) is 0. The molecule has 29 heavy (non-hydrogen) atoms. The van der Waals surface area contributed by atoms with E-state index in [0.29, 0.717) is 28.0 Å². The van der Waals surface area contributed by atoms with Crippen LogP contribution in [0.1, 0.15) is 17.2 Å². The lowest BCUT2D eigenvalue weighted by Gasteiger charge is -2.14. The Bertz CT molecular complexity index is 1020. The van der Waals surface area contributed by atoms with Crippen molar-refractivity contribution in [1.82, 2.24) is 0 Å². The summed E-state index contributed by atoms with van der Waals surface area (Å²) >= 11 is 0. The molecule has 6 nitrogen and oxygen atoms in total. The van der Waals surface area contributed by atoms with E-state index in [2.05, 4.69) is 0 Å². The van der Waals surface area contributed by atoms with Gasteiger partial charge in [-0.3, -0.25) is 10.1 Å². The third-order valence-corrected chi connectivity index (χ3v) is 4.68. The number of halogens is 1. The van der Waals surface area contributed by atoms with Crippen LogP contribution >= 0.6 is 0 Å². The van der Waals surface area contributed by atoms with Gasteiger partial charge in [-0.15, -0.1) is 0 Å². The highest BCUT2D eigenvalue weighted by Gasteiger charge is 2.22. The topological polar surface area (TPSA) is 81.8 Å². The molecule has 0 spiro atoms. The Morgan fingerprint density at radius 3 is 2.24 bits per heavy atom. The Hall–Kier alpha value is -3.45. The minimum absolute atomic E-state index is 0.00964. The summed E-state index contributed by atoms with van der Waals surface area (Å²) in [5.74, 6) is 0.253. The van der Waals surface area contributed by atoms with Crippen molar-refractivity contribution in [3.63, 3.8) is 0 Å². The number of aliphatic hydroxyl groups excluding tert-OH is 1. The van der Waals surface area contributed by atoms with Crippen LogP contribution in [0.4, 0.5) is 10.1 Å². The predicted octanol–water partition coefficient (Wildman–Crippen LogP) is 4.69. The average Bonchev–Trinajstić information content (AvgIpc) is 2.73. The number of hydrogen-bond donors (Lipinski definition) is 1. The third kappa shape index (κ3) is 4.35. The Morgan fingerprint density at radius 1 is 1.03 bits per heavy atom. The molecule has 3 aromatic rings. The SMILES string of the molecule is COc1cc(CC(O)c2ccc(-c3ccccc3F)cc2)c([N+](=O)[O-])cc1OC. The maximum atomic E-state index is 13.9. The van der Waals surface area contributed by atoms with Crippen molar-refractivity contribution >= 4 is 5.69 Å². The Morgan fingerprint density at radius 2 is 1.66 bits per heavy atom. The zero-order valence-electron chi connectivity index (χ0n) is 16.0. The van der Waals surface area contributed by atoms with Crippen LogP contribution in [-0.2, 0) is 6.42 Å². The molecule has 1 N–H and O–H groups in total. The molecular weight excluding hydrogens is 377 g/mol. The smallest absolute Gasteiger partial charge is 0.276 e. The number of benzene rings is 3. The fraction of sp³-hybridized carbons (Fsp3) is 0.182. The molecule has 0 heterocycles. The van der Waals surface area contributed by atoms with E-state index < -0.39 is 11.0 Å². The van der Waals surface area contributed by atoms with Gasteiger partial charge in [-0.1, -0.05) is 42.5 Å². The van der Waals surface area contributed by atoms with Crippen molar-refractivity contribution in [2.45, 2.75) is 12.5 Å². The van der Waals surface area contributed by atoms with E-state index in [1.54, 1.807) is 42.5 Å². The Balaban J connectivity index is 1.87. The van der Waals surface area contributed by atoms with Gasteiger partial charge in [0.25, 0.3) is 5.69 Å². The van der Waals surface area contributed by atoms with E-state index in [9.17, 15) is 19.6 Å². The highest BCUT2D eigenvalue weighted by molar-refractivity contribution is 5.64. The molecule has 0 saturated heterocycles. The van der Waals surface area contributed by atoms with Gasteiger partial charge in [-0.05, 0) is 23.3 Å². The van der Waals surface area contributed by atoms with Gasteiger partial charge in [-0.25, -0.2) is 4.39 Å². The average molecular weight is 397 g/mol. The van der Waals surface area contributed by atoms with E-state index in [-0.39, 0.29) is 23.7 Å². The van der Waals surface area contributed by atoms with Crippen molar-refractivity contribution in [2.24, 2.45) is 0 Å². The molecule has 0 bridgehead atoms. The number of methoxy groups -OCH3 is 2. The van der Waals surface area contributed by atoms with Crippen LogP contribution in [0.5, 0.6) is 11.5 Å². The van der Waals surface area contributed by atoms with Gasteiger partial charge in [0, 0.05) is 17.5 Å². The number of rotatable bonds is 7. The molecule has 0 saturated carbocycles. The molecule has 0 radical (unpaired) electrons. The highest BCUT2D eigenvalue weighted by atomic mass is 19.1. The first kappa shape index (κ1) is 20.3. The lowest BCUT2D eigenvalue weighted by Crippen LogP contribution is -2.06. The first-order chi connectivity index (χ1) is 13.9. The van der Waals surface area contributed by atoms with Crippen LogP contribution < -0.4 is 9.47 Å². The fourth-order valence-electron chi connectivity index (χ4n) is 3.15. The molecule has 0 aliphatic carbocycles. The first-order valence-electron chi connectivity index (χ1n) is 8.86. The molecule has 0 aliphatic heterocycles. The van der Waals surface area contributed by atoms with Crippen LogP contribution in [0.25, 0.3) is 11.1 Å². The van der Waals surface area contributed by atoms with Crippen LogP contribution in [0.2, 0.25) is 0 Å². The van der Waals surface area contributed by atoms with Gasteiger partial charge in [0.2, 0.25) is 0 Å². The maximum absolute atomic E-state index is 13.9. The molecular formula is C22H20FNO5. The van der Waals surface area contributed by atoms with Gasteiger partial charge in [0.15, 0.2) is 11.5 Å². The molecule has 1 atom stereocenters. The van der Waals surface area contributed by atoms with Gasteiger partial charge in [0.1, 0.15) is 5.82 Å². The van der Waals surface area contributed by atoms with Crippen LogP contribution in [-0.4, -0.2) is 24.2 Å². The van der Waals surface area contributed by atoms with Crippen LogP contribution in [0.15, 0.2) is 60.7 Å². The summed E-state index contributed by atoms with van der Waals surface area (Å²) < 4.78 is 24.3. The molecule has 0 aliphatic rings. The minimum atomic E-state index is -0.985. The molecule has 150 valence electrons. The van der Waals surface area contributed by atoms with Crippen LogP contribution in [0, 0.1) is 15.9 Å². The minimum Gasteiger partial charge on any atom is -0.493 e. The number of nitro groups is 1. The lowest BCUT2D eigenvalue weighted by atomic mass is 9.97. The summed E-state index contributed by atoms with van der Waals surface area (Å²) in [7, 11) is 2.83. The van der Waals surface area contributed by atoms with Crippen molar-refractivity contribution in [1.29, 1.82) is 0 Å². The summed E-state index contributed by atoms with van der Waals surface area (Å²) in [4.78, 5) is 10.9. The van der Waals surface area contributed by atoms with Gasteiger partial charge in [-0.2, -0.15) is 0 Å². The summed E-state index contributed by atoms with van der Waals surface area (Å²) in [5.41, 5.74) is 1.86. The quantitative estimate of drug-likeness (QED) is 0.462. The molecule has 0 aromatic heterocycles. The molecule has 1 unspecified atom stereocenters. The fourth-order valence-corrected chi connectivity index (χ4v) is 3.15. The molecule has 3 aromatic carbocycles. The summed E-state index contributed by atoms with van der Waals surface area (Å²) in [6.07, 6.45) is -0.975. The first-order valence-corrected chi connectivity index (χ1v) is 8.86. The number of nitrogens with zero attached hydrogens (tertiary/aromatic N) is 1. The van der Waals surface area contributed by atoms with Crippen molar-refractivity contribution in [3.8, 4) is 22.6 Å². The molecule has 3 rings (SSSR count). The van der Waals surface area contributed by atoms with E-state index in [4.69, 9.17) is 9.47 Å². The molecule has 0 fully saturated rings. The van der Waals surface area contributed by atoms with E-state index in [1.807, 2.05) is 0 Å². The zero-order valence-corrected chi connectivity index (χ0v) is 16.0. The second-order valence-corrected chi connectivity index (χ2v) is 6.41. The van der Waals surface area contributed by atoms with E-state index in [0.717, 1.165) is 0 Å². The largest absolute Gasteiger partial charge is 0.493 e. The number of aliphatic hydroxyl groups is 1. The van der Waals surface area contributed by atoms with Crippen molar-refractivity contribution < 1.29 is 23.9 Å². The number of nitro benzene ring substituents is 1. The normalized spacial score (nSPS) is 11.7. The summed E-state index contributed by atoms with van der Waals surface area (Å²) in [5, 5.41) is 22.1. The monoisotopic (exact) mass is 397 g/mol. The zero-order chi connectivity index (χ0) is 21.0. The van der Waals surface area contributed by atoms with E-state index in [1.165, 1.54) is 32.4 Å². The van der Waals surface area contributed by atoms with Crippen molar-refractivity contribution in [2.75, 3.05) is 14.2 Å². The predicted molar refractivity (Wildman–Crippen MR) is 107 cm³/mol. The summed E-state index contributed by atoms with van der Waals surface area (Å²) in [6, 6.07) is 16.0. The lowest BCUT2D eigenvalue weighted by molar-refractivity contribution is -0.385. The Labute approximate surface area is 167 Å².